The molecule has 7 heteroatoms. The predicted octanol–water partition coefficient (Wildman–Crippen LogP) is 2.50. The molecule has 0 spiro atoms. The minimum Gasteiger partial charge on any atom is -0.325 e. The molecule has 4 rings (SSSR count). The van der Waals surface area contributed by atoms with E-state index in [0.717, 1.165) is 30.5 Å². The lowest BCUT2D eigenvalue weighted by atomic mass is 9.80. The SMILES string of the molecule is CC(C)C1CCc2[nH]c(=O)c(C(=O)ON3C(=O)c4ccccc4C3=O)cc2C1. The van der Waals surface area contributed by atoms with E-state index in [4.69, 9.17) is 4.84 Å². The van der Waals surface area contributed by atoms with E-state index in [1.165, 1.54) is 18.2 Å². The van der Waals surface area contributed by atoms with Crippen molar-refractivity contribution >= 4 is 17.8 Å². The number of fused-ring (bicyclic) bond motifs is 2. The number of hydrogen-bond acceptors (Lipinski definition) is 5. The number of hydrogen-bond donors (Lipinski definition) is 1. The van der Waals surface area contributed by atoms with Crippen molar-refractivity contribution in [3.8, 4) is 0 Å². The highest BCUT2D eigenvalue weighted by atomic mass is 16.7. The number of aromatic amines is 1. The minimum atomic E-state index is -1.02. The Kier molecular flexibility index (Phi) is 4.37. The van der Waals surface area contributed by atoms with Crippen LogP contribution in [0.2, 0.25) is 0 Å². The number of aromatic nitrogens is 1. The zero-order valence-electron chi connectivity index (χ0n) is 15.7. The van der Waals surface area contributed by atoms with Crippen molar-refractivity contribution in [3.05, 3.63) is 68.6 Å². The zero-order valence-corrected chi connectivity index (χ0v) is 15.7. The Morgan fingerprint density at radius 2 is 1.79 bits per heavy atom. The Labute approximate surface area is 161 Å². The highest BCUT2D eigenvalue weighted by Crippen LogP contribution is 2.29. The highest BCUT2D eigenvalue weighted by molar-refractivity contribution is 6.21. The fourth-order valence-corrected chi connectivity index (χ4v) is 3.83. The molecule has 0 saturated heterocycles. The fourth-order valence-electron chi connectivity index (χ4n) is 3.83. The highest BCUT2D eigenvalue weighted by Gasteiger charge is 2.39. The van der Waals surface area contributed by atoms with E-state index >= 15 is 0 Å². The molecular weight excluding hydrogens is 360 g/mol. The summed E-state index contributed by atoms with van der Waals surface area (Å²) in [5.74, 6) is -1.50. The minimum absolute atomic E-state index is 0.166. The van der Waals surface area contributed by atoms with Gasteiger partial charge in [-0.05, 0) is 54.9 Å². The summed E-state index contributed by atoms with van der Waals surface area (Å²) in [6.07, 6.45) is 2.50. The van der Waals surface area contributed by atoms with Crippen LogP contribution >= 0.6 is 0 Å². The number of carbonyl (C=O) groups excluding carboxylic acids is 3. The summed E-state index contributed by atoms with van der Waals surface area (Å²) in [6.45, 7) is 4.30. The Bertz CT molecular complexity index is 1020. The number of imide groups is 1. The van der Waals surface area contributed by atoms with Gasteiger partial charge in [-0.15, -0.1) is 0 Å². The van der Waals surface area contributed by atoms with E-state index < -0.39 is 23.3 Å². The molecule has 2 aromatic rings. The first-order chi connectivity index (χ1) is 13.4. The van der Waals surface area contributed by atoms with Crippen LogP contribution in [0.25, 0.3) is 0 Å². The summed E-state index contributed by atoms with van der Waals surface area (Å²) in [4.78, 5) is 57.4. The summed E-state index contributed by atoms with van der Waals surface area (Å²) in [7, 11) is 0. The van der Waals surface area contributed by atoms with Crippen LogP contribution in [0.5, 0.6) is 0 Å². The summed E-state index contributed by atoms with van der Waals surface area (Å²) < 4.78 is 0. The molecule has 144 valence electrons. The van der Waals surface area contributed by atoms with Crippen LogP contribution < -0.4 is 5.56 Å². The number of aryl methyl sites for hydroxylation is 1. The molecule has 1 atom stereocenters. The number of amides is 2. The van der Waals surface area contributed by atoms with Gasteiger partial charge in [0.05, 0.1) is 11.1 Å². The summed E-state index contributed by atoms with van der Waals surface area (Å²) in [6, 6.07) is 7.74. The Morgan fingerprint density at radius 1 is 1.14 bits per heavy atom. The van der Waals surface area contributed by atoms with E-state index in [1.54, 1.807) is 12.1 Å². The number of H-pyrrole nitrogens is 1. The molecule has 28 heavy (non-hydrogen) atoms. The third kappa shape index (κ3) is 2.93. The molecule has 1 aliphatic carbocycles. The van der Waals surface area contributed by atoms with Gasteiger partial charge in [-0.2, -0.15) is 0 Å². The van der Waals surface area contributed by atoms with Gasteiger partial charge in [-0.3, -0.25) is 14.4 Å². The number of pyridine rings is 1. The molecular formula is C21H20N2O5. The van der Waals surface area contributed by atoms with E-state index in [-0.39, 0.29) is 16.7 Å². The molecule has 0 radical (unpaired) electrons. The van der Waals surface area contributed by atoms with Gasteiger partial charge >= 0.3 is 5.97 Å². The second-order valence-electron chi connectivity index (χ2n) is 7.59. The van der Waals surface area contributed by atoms with E-state index in [0.29, 0.717) is 16.9 Å². The first kappa shape index (κ1) is 18.2. The molecule has 2 amide bonds. The third-order valence-corrected chi connectivity index (χ3v) is 5.56. The van der Waals surface area contributed by atoms with E-state index in [2.05, 4.69) is 18.8 Å². The van der Waals surface area contributed by atoms with Gasteiger partial charge in [-0.25, -0.2) is 4.79 Å². The van der Waals surface area contributed by atoms with Crippen LogP contribution in [0.3, 0.4) is 0 Å². The van der Waals surface area contributed by atoms with Crippen molar-refractivity contribution < 1.29 is 19.2 Å². The largest absolute Gasteiger partial charge is 0.369 e. The van der Waals surface area contributed by atoms with Crippen LogP contribution in [0, 0.1) is 11.8 Å². The predicted molar refractivity (Wildman–Crippen MR) is 99.8 cm³/mol. The molecule has 1 N–H and O–H groups in total. The zero-order chi connectivity index (χ0) is 20.0. The number of benzene rings is 1. The standard InChI is InChI=1S/C21H20N2O5/c1-11(2)12-7-8-17-13(9-12)10-16(18(24)22-17)21(27)28-23-19(25)14-5-3-4-6-15(14)20(23)26/h3-6,10-12H,7-9H2,1-2H3,(H,22,24). The van der Waals surface area contributed by atoms with Gasteiger partial charge in [0.2, 0.25) is 0 Å². The number of carbonyl (C=O) groups is 3. The van der Waals surface area contributed by atoms with Crippen LogP contribution in [-0.4, -0.2) is 27.8 Å². The van der Waals surface area contributed by atoms with Crippen LogP contribution in [0.4, 0.5) is 0 Å². The molecule has 7 nitrogen and oxygen atoms in total. The van der Waals surface area contributed by atoms with Crippen molar-refractivity contribution in [1.82, 2.24) is 10.0 Å². The first-order valence-electron chi connectivity index (χ1n) is 9.32. The first-order valence-corrected chi connectivity index (χ1v) is 9.32. The molecule has 0 fully saturated rings. The molecule has 0 bridgehead atoms. The Hall–Kier alpha value is -3.22. The Balaban J connectivity index is 1.60. The van der Waals surface area contributed by atoms with E-state index in [1.807, 2.05) is 0 Å². The quantitative estimate of drug-likeness (QED) is 0.826. The van der Waals surface area contributed by atoms with Crippen LogP contribution in [0.1, 0.15) is 62.6 Å². The number of nitrogens with one attached hydrogen (secondary N) is 1. The number of rotatable bonds is 3. The lowest BCUT2D eigenvalue weighted by molar-refractivity contribution is -0.0585. The van der Waals surface area contributed by atoms with Gasteiger partial charge in [0.15, 0.2) is 0 Å². The Morgan fingerprint density at radius 3 is 2.39 bits per heavy atom. The maximum absolute atomic E-state index is 12.6. The number of hydroxylamine groups is 2. The average Bonchev–Trinajstić information content (AvgIpc) is 2.92. The van der Waals surface area contributed by atoms with E-state index in [9.17, 15) is 19.2 Å². The van der Waals surface area contributed by atoms with Crippen molar-refractivity contribution in [2.24, 2.45) is 11.8 Å². The molecule has 1 aliphatic heterocycles. The van der Waals surface area contributed by atoms with Gasteiger partial charge in [0, 0.05) is 5.69 Å². The second kappa shape index (κ2) is 6.74. The monoisotopic (exact) mass is 380 g/mol. The summed E-state index contributed by atoms with van der Waals surface area (Å²) in [5, 5.41) is 0.419. The topological polar surface area (TPSA) is 96.5 Å². The van der Waals surface area contributed by atoms with Gasteiger partial charge < -0.3 is 9.82 Å². The molecule has 1 aromatic heterocycles. The fraction of sp³-hybridized carbons (Fsp3) is 0.333. The van der Waals surface area contributed by atoms with Crippen LogP contribution in [0.15, 0.2) is 35.1 Å². The molecule has 1 aromatic carbocycles. The molecule has 0 saturated carbocycles. The maximum atomic E-state index is 12.6. The summed E-state index contributed by atoms with van der Waals surface area (Å²) in [5.41, 5.74) is 1.28. The summed E-state index contributed by atoms with van der Waals surface area (Å²) >= 11 is 0. The van der Waals surface area contributed by atoms with Gasteiger partial charge in [0.1, 0.15) is 5.56 Å². The maximum Gasteiger partial charge on any atom is 0.369 e. The molecule has 1 unspecified atom stereocenters. The van der Waals surface area contributed by atoms with Crippen molar-refractivity contribution in [2.75, 3.05) is 0 Å². The normalized spacial score (nSPS) is 18.2. The second-order valence-corrected chi connectivity index (χ2v) is 7.59. The van der Waals surface area contributed by atoms with Crippen molar-refractivity contribution in [2.45, 2.75) is 33.1 Å². The van der Waals surface area contributed by atoms with Crippen molar-refractivity contribution in [3.63, 3.8) is 0 Å². The lowest BCUT2D eigenvalue weighted by Gasteiger charge is -2.27. The molecule has 2 heterocycles. The van der Waals surface area contributed by atoms with Crippen LogP contribution in [-0.2, 0) is 17.7 Å². The molecule has 2 aliphatic rings. The van der Waals surface area contributed by atoms with Crippen molar-refractivity contribution in [1.29, 1.82) is 0 Å². The lowest BCUT2D eigenvalue weighted by Crippen LogP contribution is -2.35. The van der Waals surface area contributed by atoms with Gasteiger partial charge in [0.25, 0.3) is 17.4 Å². The smallest absolute Gasteiger partial charge is 0.325 e. The average molecular weight is 380 g/mol. The third-order valence-electron chi connectivity index (χ3n) is 5.56. The number of nitrogens with zero attached hydrogens (tertiary/aromatic N) is 1. The van der Waals surface area contributed by atoms with Gasteiger partial charge in [-0.1, -0.05) is 31.0 Å².